The molecular weight excluding hydrogens is 352 g/mol. The maximum Gasteiger partial charge on any atom is 0.251 e. The van der Waals surface area contributed by atoms with Gasteiger partial charge in [-0.2, -0.15) is 5.10 Å². The Balaban J connectivity index is 1.53. The van der Waals surface area contributed by atoms with Crippen LogP contribution in [0.3, 0.4) is 0 Å². The number of aryl methyl sites for hydroxylation is 1. The van der Waals surface area contributed by atoms with E-state index in [1.54, 1.807) is 0 Å². The highest BCUT2D eigenvalue weighted by molar-refractivity contribution is 5.94. The zero-order chi connectivity index (χ0) is 19.9. The molecule has 2 heterocycles. The van der Waals surface area contributed by atoms with Gasteiger partial charge in [-0.25, -0.2) is 4.68 Å². The summed E-state index contributed by atoms with van der Waals surface area (Å²) in [7, 11) is 0. The van der Waals surface area contributed by atoms with Crippen molar-refractivity contribution in [1.82, 2.24) is 20.0 Å². The second kappa shape index (κ2) is 9.85. The van der Waals surface area contributed by atoms with Gasteiger partial charge in [-0.1, -0.05) is 13.3 Å². The number of ether oxygens (including phenoxy) is 1. The van der Waals surface area contributed by atoms with Crippen molar-refractivity contribution in [1.29, 1.82) is 0 Å². The van der Waals surface area contributed by atoms with Gasteiger partial charge in [0.05, 0.1) is 24.6 Å². The van der Waals surface area contributed by atoms with Crippen molar-refractivity contribution in [2.24, 2.45) is 0 Å². The molecule has 2 aromatic rings. The fourth-order valence-corrected chi connectivity index (χ4v) is 3.72. The molecule has 1 aliphatic heterocycles. The van der Waals surface area contributed by atoms with Crippen LogP contribution in [0.25, 0.3) is 5.69 Å². The Bertz CT molecular complexity index is 777. The average Bonchev–Trinajstić information content (AvgIpc) is 3.00. The third-order valence-corrected chi connectivity index (χ3v) is 5.36. The Morgan fingerprint density at radius 3 is 2.57 bits per heavy atom. The van der Waals surface area contributed by atoms with E-state index in [2.05, 4.69) is 36.1 Å². The Morgan fingerprint density at radius 2 is 1.89 bits per heavy atom. The summed E-state index contributed by atoms with van der Waals surface area (Å²) in [6.45, 7) is 11.7. The molecule has 0 bridgehead atoms. The first-order valence-electron chi connectivity index (χ1n) is 10.3. The minimum Gasteiger partial charge on any atom is -0.379 e. The van der Waals surface area contributed by atoms with E-state index >= 15 is 0 Å². The standard InChI is InChI=1S/C22H32N4O2/c1-4-6-21-17(2)24-26(18(21)3)20-9-7-19(8-10-20)22(27)23-11-5-12-25-13-15-28-16-14-25/h7-10H,4-6,11-16H2,1-3H3,(H,23,27). The van der Waals surface area contributed by atoms with E-state index in [1.165, 1.54) is 11.3 Å². The molecule has 1 saturated heterocycles. The molecule has 3 rings (SSSR count). The number of rotatable bonds is 8. The predicted molar refractivity (Wildman–Crippen MR) is 111 cm³/mol. The molecular formula is C22H32N4O2. The van der Waals surface area contributed by atoms with Crippen molar-refractivity contribution in [2.45, 2.75) is 40.0 Å². The minimum atomic E-state index is -0.0198. The van der Waals surface area contributed by atoms with Crippen molar-refractivity contribution in [2.75, 3.05) is 39.4 Å². The zero-order valence-corrected chi connectivity index (χ0v) is 17.3. The summed E-state index contributed by atoms with van der Waals surface area (Å²) in [5.74, 6) is -0.0198. The third kappa shape index (κ3) is 5.00. The lowest BCUT2D eigenvalue weighted by molar-refractivity contribution is 0.0374. The molecule has 1 aromatic carbocycles. The van der Waals surface area contributed by atoms with Gasteiger partial charge in [0.25, 0.3) is 5.91 Å². The van der Waals surface area contributed by atoms with Crippen LogP contribution in [0, 0.1) is 13.8 Å². The number of hydrogen-bond acceptors (Lipinski definition) is 4. The first-order chi connectivity index (χ1) is 13.6. The summed E-state index contributed by atoms with van der Waals surface area (Å²) in [5, 5.41) is 7.70. The fourth-order valence-electron chi connectivity index (χ4n) is 3.72. The van der Waals surface area contributed by atoms with Crippen LogP contribution >= 0.6 is 0 Å². The van der Waals surface area contributed by atoms with E-state index in [0.29, 0.717) is 12.1 Å². The fraction of sp³-hybridized carbons (Fsp3) is 0.545. The monoisotopic (exact) mass is 384 g/mol. The second-order valence-corrected chi connectivity index (χ2v) is 7.42. The number of carbonyl (C=O) groups is 1. The highest BCUT2D eigenvalue weighted by atomic mass is 16.5. The van der Waals surface area contributed by atoms with Crippen LogP contribution < -0.4 is 5.32 Å². The van der Waals surface area contributed by atoms with Crippen LogP contribution in [0.15, 0.2) is 24.3 Å². The van der Waals surface area contributed by atoms with Gasteiger partial charge in [-0.05, 0) is 63.1 Å². The Hall–Kier alpha value is -2.18. The van der Waals surface area contributed by atoms with Crippen molar-refractivity contribution in [3.05, 3.63) is 46.8 Å². The molecule has 152 valence electrons. The van der Waals surface area contributed by atoms with Crippen molar-refractivity contribution < 1.29 is 9.53 Å². The number of aromatic nitrogens is 2. The van der Waals surface area contributed by atoms with Crippen LogP contribution in [0.5, 0.6) is 0 Å². The number of morpholine rings is 1. The van der Waals surface area contributed by atoms with E-state index in [4.69, 9.17) is 4.74 Å². The minimum absolute atomic E-state index is 0.0198. The molecule has 1 fully saturated rings. The van der Waals surface area contributed by atoms with Gasteiger partial charge in [0.15, 0.2) is 0 Å². The Kier molecular flexibility index (Phi) is 7.23. The smallest absolute Gasteiger partial charge is 0.251 e. The van der Waals surface area contributed by atoms with Crippen molar-refractivity contribution in [3.63, 3.8) is 0 Å². The number of benzene rings is 1. The van der Waals surface area contributed by atoms with Crippen LogP contribution in [-0.2, 0) is 11.2 Å². The van der Waals surface area contributed by atoms with E-state index in [-0.39, 0.29) is 5.91 Å². The zero-order valence-electron chi connectivity index (χ0n) is 17.3. The van der Waals surface area contributed by atoms with E-state index in [9.17, 15) is 4.79 Å². The second-order valence-electron chi connectivity index (χ2n) is 7.42. The van der Waals surface area contributed by atoms with Gasteiger partial charge in [0, 0.05) is 30.9 Å². The normalized spacial score (nSPS) is 15.0. The van der Waals surface area contributed by atoms with Gasteiger partial charge < -0.3 is 10.1 Å². The molecule has 28 heavy (non-hydrogen) atoms. The molecule has 1 aliphatic rings. The molecule has 0 unspecified atom stereocenters. The number of nitrogens with one attached hydrogen (secondary N) is 1. The van der Waals surface area contributed by atoms with Crippen molar-refractivity contribution >= 4 is 5.91 Å². The van der Waals surface area contributed by atoms with Gasteiger partial charge in [0.2, 0.25) is 0 Å². The van der Waals surface area contributed by atoms with Crippen LogP contribution in [0.1, 0.15) is 47.1 Å². The van der Waals surface area contributed by atoms with Gasteiger partial charge in [-0.15, -0.1) is 0 Å². The molecule has 6 heteroatoms. The molecule has 1 aromatic heterocycles. The number of nitrogens with zero attached hydrogens (tertiary/aromatic N) is 3. The summed E-state index contributed by atoms with van der Waals surface area (Å²) >= 11 is 0. The lowest BCUT2D eigenvalue weighted by atomic mass is 10.1. The molecule has 0 atom stereocenters. The average molecular weight is 385 g/mol. The number of amides is 1. The lowest BCUT2D eigenvalue weighted by Crippen LogP contribution is -2.38. The number of carbonyl (C=O) groups excluding carboxylic acids is 1. The van der Waals surface area contributed by atoms with E-state index in [1.807, 2.05) is 28.9 Å². The van der Waals surface area contributed by atoms with Crippen LogP contribution in [0.4, 0.5) is 0 Å². The summed E-state index contributed by atoms with van der Waals surface area (Å²) in [6, 6.07) is 7.70. The number of hydrogen-bond donors (Lipinski definition) is 1. The quantitative estimate of drug-likeness (QED) is 0.711. The lowest BCUT2D eigenvalue weighted by Gasteiger charge is -2.26. The Morgan fingerprint density at radius 1 is 1.18 bits per heavy atom. The maximum atomic E-state index is 12.4. The topological polar surface area (TPSA) is 59.4 Å². The van der Waals surface area contributed by atoms with Gasteiger partial charge in [0.1, 0.15) is 0 Å². The molecule has 0 aliphatic carbocycles. The van der Waals surface area contributed by atoms with E-state index < -0.39 is 0 Å². The molecule has 0 radical (unpaired) electrons. The molecule has 6 nitrogen and oxygen atoms in total. The first-order valence-corrected chi connectivity index (χ1v) is 10.3. The SMILES string of the molecule is CCCc1c(C)nn(-c2ccc(C(=O)NCCCN3CCOCC3)cc2)c1C. The summed E-state index contributed by atoms with van der Waals surface area (Å²) in [5.41, 5.74) is 5.27. The highest BCUT2D eigenvalue weighted by Gasteiger charge is 2.13. The van der Waals surface area contributed by atoms with Gasteiger partial charge >= 0.3 is 0 Å². The predicted octanol–water partition coefficient (Wildman–Crippen LogP) is 2.89. The van der Waals surface area contributed by atoms with Crippen LogP contribution in [-0.4, -0.2) is 60.0 Å². The van der Waals surface area contributed by atoms with Crippen LogP contribution in [0.2, 0.25) is 0 Å². The molecule has 0 spiro atoms. The first kappa shape index (κ1) is 20.6. The molecule has 0 saturated carbocycles. The van der Waals surface area contributed by atoms with Crippen molar-refractivity contribution in [3.8, 4) is 5.69 Å². The highest BCUT2D eigenvalue weighted by Crippen LogP contribution is 2.19. The summed E-state index contributed by atoms with van der Waals surface area (Å²) in [6.07, 6.45) is 3.11. The largest absolute Gasteiger partial charge is 0.379 e. The Labute approximate surface area is 167 Å². The molecule has 1 N–H and O–H groups in total. The summed E-state index contributed by atoms with van der Waals surface area (Å²) < 4.78 is 7.33. The van der Waals surface area contributed by atoms with E-state index in [0.717, 1.165) is 63.5 Å². The summed E-state index contributed by atoms with van der Waals surface area (Å²) in [4.78, 5) is 14.8. The third-order valence-electron chi connectivity index (χ3n) is 5.36. The van der Waals surface area contributed by atoms with Gasteiger partial charge in [-0.3, -0.25) is 9.69 Å². The maximum absolute atomic E-state index is 12.4. The molecule has 1 amide bonds.